The number of carbonyl (C=O) groups excluding carboxylic acids is 1. The molecule has 0 aromatic heterocycles. The molecule has 2 rings (SSSR count). The molecule has 1 aromatic rings. The molecule has 0 amide bonds. The number of benzene rings is 1. The Balaban J connectivity index is 2.11. The van der Waals surface area contributed by atoms with Gasteiger partial charge in [-0.05, 0) is 31.0 Å². The number of nitrogens with one attached hydrogen (secondary N) is 1. The topological polar surface area (TPSA) is 98.5 Å². The number of hydrogen-bond acceptors (Lipinski definition) is 5. The molecule has 1 aliphatic rings. The van der Waals surface area contributed by atoms with Crippen molar-refractivity contribution in [3.63, 3.8) is 0 Å². The van der Waals surface area contributed by atoms with Gasteiger partial charge in [-0.15, -0.1) is 0 Å². The van der Waals surface area contributed by atoms with Gasteiger partial charge in [-0.3, -0.25) is 0 Å². The average molecular weight is 340 g/mol. The van der Waals surface area contributed by atoms with Crippen molar-refractivity contribution >= 4 is 16.0 Å². The van der Waals surface area contributed by atoms with Gasteiger partial charge >= 0.3 is 5.97 Å². The Bertz CT molecular complexity index is 650. The van der Waals surface area contributed by atoms with Crippen LogP contribution in [0.3, 0.4) is 0 Å². The van der Waals surface area contributed by atoms with Crippen molar-refractivity contribution < 1.29 is 17.9 Å². The predicted octanol–water partition coefficient (Wildman–Crippen LogP) is 1.80. The molecule has 0 unspecified atom stereocenters. The van der Waals surface area contributed by atoms with E-state index in [1.807, 2.05) is 0 Å². The Labute approximate surface area is 137 Å². The number of ether oxygens (including phenoxy) is 1. The molecule has 0 atom stereocenters. The molecule has 1 saturated carbocycles. The summed E-state index contributed by atoms with van der Waals surface area (Å²) in [5, 5.41) is 0. The van der Waals surface area contributed by atoms with Crippen LogP contribution in [0.25, 0.3) is 0 Å². The molecule has 0 radical (unpaired) electrons. The number of nitrogens with two attached hydrogens (primary N) is 1. The zero-order chi connectivity index (χ0) is 16.9. The molecule has 1 fully saturated rings. The number of carbonyl (C=O) groups is 1. The van der Waals surface area contributed by atoms with Crippen LogP contribution in [0.1, 0.15) is 48.9 Å². The molecule has 7 heteroatoms. The molecule has 0 spiro atoms. The van der Waals surface area contributed by atoms with Crippen molar-refractivity contribution in [2.45, 2.75) is 49.0 Å². The van der Waals surface area contributed by atoms with Gasteiger partial charge in [-0.1, -0.05) is 31.7 Å². The average Bonchev–Trinajstić information content (AvgIpc) is 2.78. The predicted molar refractivity (Wildman–Crippen MR) is 87.6 cm³/mol. The van der Waals surface area contributed by atoms with Crippen molar-refractivity contribution in [2.75, 3.05) is 13.7 Å². The van der Waals surface area contributed by atoms with Crippen LogP contribution < -0.4 is 10.5 Å². The van der Waals surface area contributed by atoms with Crippen molar-refractivity contribution in [1.29, 1.82) is 0 Å². The largest absolute Gasteiger partial charge is 0.465 e. The van der Waals surface area contributed by atoms with E-state index in [4.69, 9.17) is 5.73 Å². The number of methoxy groups -OCH3 is 1. The van der Waals surface area contributed by atoms with Gasteiger partial charge in [0.1, 0.15) is 0 Å². The van der Waals surface area contributed by atoms with E-state index in [1.54, 1.807) is 0 Å². The maximum atomic E-state index is 12.4. The third kappa shape index (κ3) is 4.76. The Hall–Kier alpha value is -1.44. The first-order valence-electron chi connectivity index (χ1n) is 7.83. The molecule has 6 nitrogen and oxygen atoms in total. The highest BCUT2D eigenvalue weighted by Crippen LogP contribution is 2.25. The van der Waals surface area contributed by atoms with Crippen LogP contribution in [0.2, 0.25) is 0 Å². The molecule has 0 bridgehead atoms. The maximum absolute atomic E-state index is 12.4. The minimum atomic E-state index is -3.71. The normalized spacial score (nSPS) is 18.2. The highest BCUT2D eigenvalue weighted by molar-refractivity contribution is 7.89. The monoisotopic (exact) mass is 340 g/mol. The summed E-state index contributed by atoms with van der Waals surface area (Å²) in [6, 6.07) is 5.79. The third-order valence-corrected chi connectivity index (χ3v) is 5.68. The van der Waals surface area contributed by atoms with Crippen molar-refractivity contribution in [3.8, 4) is 0 Å². The minimum Gasteiger partial charge on any atom is -0.465 e. The summed E-state index contributed by atoms with van der Waals surface area (Å²) in [7, 11) is -2.46. The van der Waals surface area contributed by atoms with Gasteiger partial charge in [0.05, 0.1) is 17.6 Å². The van der Waals surface area contributed by atoms with Crippen LogP contribution in [0.15, 0.2) is 29.2 Å². The molecular formula is C16H24N2O4S. The summed E-state index contributed by atoms with van der Waals surface area (Å²) in [4.78, 5) is 11.6. The zero-order valence-electron chi connectivity index (χ0n) is 13.4. The van der Waals surface area contributed by atoms with E-state index in [0.29, 0.717) is 0 Å². The fourth-order valence-electron chi connectivity index (χ4n) is 2.84. The summed E-state index contributed by atoms with van der Waals surface area (Å²) >= 11 is 0. The Morgan fingerprint density at radius 3 is 2.52 bits per heavy atom. The highest BCUT2D eigenvalue weighted by Gasteiger charge is 2.28. The van der Waals surface area contributed by atoms with Gasteiger partial charge in [-0.25, -0.2) is 17.9 Å². The second kappa shape index (κ2) is 7.42. The van der Waals surface area contributed by atoms with E-state index in [0.717, 1.165) is 38.5 Å². The van der Waals surface area contributed by atoms with E-state index >= 15 is 0 Å². The van der Waals surface area contributed by atoms with Gasteiger partial charge in [0.2, 0.25) is 10.0 Å². The lowest BCUT2D eigenvalue weighted by Crippen LogP contribution is -2.49. The second-order valence-electron chi connectivity index (χ2n) is 6.12. The Morgan fingerprint density at radius 1 is 1.26 bits per heavy atom. The smallest absolute Gasteiger partial charge is 0.337 e. The van der Waals surface area contributed by atoms with Crippen LogP contribution in [-0.4, -0.2) is 33.6 Å². The molecule has 0 aliphatic heterocycles. The molecule has 128 valence electrons. The van der Waals surface area contributed by atoms with E-state index < -0.39 is 21.5 Å². The van der Waals surface area contributed by atoms with Crippen molar-refractivity contribution in [1.82, 2.24) is 4.72 Å². The Morgan fingerprint density at radius 2 is 1.91 bits per heavy atom. The number of sulfonamides is 1. The van der Waals surface area contributed by atoms with Crippen LogP contribution in [0.5, 0.6) is 0 Å². The first-order valence-corrected chi connectivity index (χ1v) is 9.32. The number of hydrogen-bond donors (Lipinski definition) is 2. The lowest BCUT2D eigenvalue weighted by atomic mass is 9.92. The molecular weight excluding hydrogens is 316 g/mol. The zero-order valence-corrected chi connectivity index (χ0v) is 14.2. The number of rotatable bonds is 5. The second-order valence-corrected chi connectivity index (χ2v) is 7.89. The molecule has 0 saturated heterocycles. The van der Waals surface area contributed by atoms with Gasteiger partial charge in [0, 0.05) is 12.1 Å². The lowest BCUT2D eigenvalue weighted by molar-refractivity contribution is 0.0600. The van der Waals surface area contributed by atoms with Gasteiger partial charge in [0.15, 0.2) is 0 Å². The first-order chi connectivity index (χ1) is 10.9. The quantitative estimate of drug-likeness (QED) is 0.629. The lowest BCUT2D eigenvalue weighted by Gasteiger charge is -2.28. The summed E-state index contributed by atoms with van der Waals surface area (Å²) in [5.41, 5.74) is 6.05. The fraction of sp³-hybridized carbons (Fsp3) is 0.562. The fourth-order valence-corrected chi connectivity index (χ4v) is 4.02. The van der Waals surface area contributed by atoms with Crippen molar-refractivity contribution in [3.05, 3.63) is 29.8 Å². The Kier molecular flexibility index (Phi) is 5.78. The molecule has 0 heterocycles. The minimum absolute atomic E-state index is 0.0395. The summed E-state index contributed by atoms with van der Waals surface area (Å²) in [6.45, 7) is 0.206. The van der Waals surface area contributed by atoms with Gasteiger partial charge in [0.25, 0.3) is 0 Å². The molecule has 3 N–H and O–H groups in total. The van der Waals surface area contributed by atoms with Crippen LogP contribution in [0.4, 0.5) is 0 Å². The van der Waals surface area contributed by atoms with Crippen LogP contribution in [-0.2, 0) is 14.8 Å². The summed E-state index contributed by atoms with van der Waals surface area (Å²) in [6.07, 6.45) is 5.97. The molecule has 1 aliphatic carbocycles. The van der Waals surface area contributed by atoms with Crippen LogP contribution in [0, 0.1) is 0 Å². The van der Waals surface area contributed by atoms with Crippen molar-refractivity contribution in [2.24, 2.45) is 5.73 Å². The SMILES string of the molecule is COC(=O)c1cccc(S(=O)(=O)NCC2(N)CCCCCC2)c1. The van der Waals surface area contributed by atoms with Gasteiger partial charge < -0.3 is 10.5 Å². The molecule has 1 aromatic carbocycles. The van der Waals surface area contributed by atoms with E-state index in [2.05, 4.69) is 9.46 Å². The van der Waals surface area contributed by atoms with E-state index in [-0.39, 0.29) is 17.0 Å². The molecule has 23 heavy (non-hydrogen) atoms. The third-order valence-electron chi connectivity index (χ3n) is 4.28. The van der Waals surface area contributed by atoms with Gasteiger partial charge in [-0.2, -0.15) is 0 Å². The maximum Gasteiger partial charge on any atom is 0.337 e. The van der Waals surface area contributed by atoms with E-state index in [1.165, 1.54) is 31.4 Å². The summed E-state index contributed by atoms with van der Waals surface area (Å²) < 4.78 is 32.1. The first kappa shape index (κ1) is 17.9. The summed E-state index contributed by atoms with van der Waals surface area (Å²) in [5.74, 6) is -0.568. The van der Waals surface area contributed by atoms with E-state index in [9.17, 15) is 13.2 Å². The highest BCUT2D eigenvalue weighted by atomic mass is 32.2. The number of esters is 1. The van der Waals surface area contributed by atoms with Crippen LogP contribution >= 0.6 is 0 Å². The standard InChI is InChI=1S/C16H24N2O4S/c1-22-15(19)13-7-6-8-14(11-13)23(20,21)18-12-16(17)9-4-2-3-5-10-16/h6-8,11,18H,2-5,9-10,12,17H2,1H3.